The summed E-state index contributed by atoms with van der Waals surface area (Å²) in [7, 11) is 0. The van der Waals surface area contributed by atoms with Gasteiger partial charge >= 0.3 is 0 Å². The minimum Gasteiger partial charge on any atom is -0.393 e. The number of carbonyl (C=O) groups is 2. The zero-order valence-corrected chi connectivity index (χ0v) is 23.7. The molecule has 8 nitrogen and oxygen atoms in total. The Kier molecular flexibility index (Phi) is 7.12. The lowest BCUT2D eigenvalue weighted by Gasteiger charge is -2.60. The van der Waals surface area contributed by atoms with E-state index in [0.29, 0.717) is 6.42 Å². The number of nitrogens with zero attached hydrogens (tertiary/aromatic N) is 1. The normalized spacial score (nSPS) is 39.0. The number of hydrogen-bond donors (Lipinski definition) is 2. The highest BCUT2D eigenvalue weighted by atomic mass is 35.5. The van der Waals surface area contributed by atoms with Crippen LogP contribution in [0.4, 0.5) is 5.69 Å². The Labute approximate surface area is 237 Å². The second-order valence-corrected chi connectivity index (χ2v) is 13.0. The Morgan fingerprint density at radius 1 is 1.26 bits per heavy atom. The lowest BCUT2D eigenvalue weighted by atomic mass is 9.45. The molecule has 3 fully saturated rings. The predicted octanol–water partition coefficient (Wildman–Crippen LogP) is 5.24. The fraction of sp³-hybridized carbons (Fsp3) is 0.586. The number of fused-ring (bicyclic) bond motifs is 5. The molecular weight excluding hydrogens is 545 g/mol. The highest BCUT2D eigenvalue weighted by Gasteiger charge is 2.68. The van der Waals surface area contributed by atoms with Crippen molar-refractivity contribution in [2.75, 3.05) is 6.61 Å². The van der Waals surface area contributed by atoms with Crippen LogP contribution >= 0.6 is 23.2 Å². The Balaban J connectivity index is 1.36. The maximum Gasteiger partial charge on any atom is 0.276 e. The third kappa shape index (κ3) is 4.30. The van der Waals surface area contributed by atoms with Crippen molar-refractivity contribution in [2.45, 2.75) is 64.8 Å². The average Bonchev–Trinajstić information content (AvgIpc) is 3.13. The van der Waals surface area contributed by atoms with Gasteiger partial charge in [0.05, 0.1) is 33.2 Å². The summed E-state index contributed by atoms with van der Waals surface area (Å²) in [6, 6.07) is 2.48. The lowest BCUT2D eigenvalue weighted by Crippen LogP contribution is -2.62. The summed E-state index contributed by atoms with van der Waals surface area (Å²) in [5, 5.41) is 35.0. The number of aliphatic hydroxyl groups is 2. The molecule has 4 aliphatic carbocycles. The molecule has 1 aromatic carbocycles. The van der Waals surface area contributed by atoms with Gasteiger partial charge in [-0.25, -0.2) is 0 Å². The minimum absolute atomic E-state index is 0.00265. The number of carbonyl (C=O) groups excluding carboxylic acids is 2. The SMILES string of the molecule is C[C@H]1C[C@@H]2[C@H]([C@@H](O)C[C@@]3(C)[C@H]2CC[C@]3(O)C(=O)COCc2cc(Cl)c(Cl)cc2[N+](=O)[O-])[C@@]2(C)C=CC(=O)C=C12. The number of Topliss-reactive ketones (excluding diaryl/α,β-unsaturated/α-hetero) is 1. The first kappa shape index (κ1) is 28.4. The van der Waals surface area contributed by atoms with Crippen LogP contribution in [-0.2, 0) is 20.9 Å². The van der Waals surface area contributed by atoms with Crippen molar-refractivity contribution in [3.8, 4) is 0 Å². The molecule has 1 aromatic rings. The van der Waals surface area contributed by atoms with Crippen LogP contribution in [0, 0.1) is 44.6 Å². The first-order valence-electron chi connectivity index (χ1n) is 13.3. The Morgan fingerprint density at radius 2 is 1.95 bits per heavy atom. The summed E-state index contributed by atoms with van der Waals surface area (Å²) < 4.78 is 5.59. The van der Waals surface area contributed by atoms with Crippen LogP contribution < -0.4 is 0 Å². The monoisotopic (exact) mass is 577 g/mol. The topological polar surface area (TPSA) is 127 Å². The molecule has 0 aromatic heterocycles. The minimum atomic E-state index is -1.70. The van der Waals surface area contributed by atoms with Gasteiger partial charge in [0, 0.05) is 22.8 Å². The standard InChI is InChI=1S/C29H33Cl2NO7/c1-15-8-18-19-5-7-29(36,25(35)14-39-13-16-9-21(30)22(31)11-23(16)32(37)38)28(19,3)12-24(34)26(18)27(2)6-4-17(33)10-20(15)27/h4,6,9-11,15,18-19,24,26,34,36H,5,7-8,12-14H2,1-3H3/t15-,18-,19-,24-,26+,27-,28-,29-/m0/s1. The van der Waals surface area contributed by atoms with E-state index in [-0.39, 0.29) is 70.2 Å². The van der Waals surface area contributed by atoms with Crippen molar-refractivity contribution >= 4 is 40.5 Å². The summed E-state index contributed by atoms with van der Waals surface area (Å²) >= 11 is 11.9. The van der Waals surface area contributed by atoms with Gasteiger partial charge in [-0.3, -0.25) is 19.7 Å². The van der Waals surface area contributed by atoms with Gasteiger partial charge in [-0.05, 0) is 61.7 Å². The van der Waals surface area contributed by atoms with E-state index < -0.39 is 39.8 Å². The molecule has 0 heterocycles. The fourth-order valence-electron chi connectivity index (χ4n) is 8.45. The second-order valence-electron chi connectivity index (χ2n) is 12.2. The molecule has 5 rings (SSSR count). The third-order valence-corrected chi connectivity index (χ3v) is 11.0. The smallest absolute Gasteiger partial charge is 0.276 e. The quantitative estimate of drug-likeness (QED) is 0.349. The molecule has 0 unspecified atom stereocenters. The Hall–Kier alpha value is -2.10. The van der Waals surface area contributed by atoms with E-state index in [1.165, 1.54) is 6.07 Å². The van der Waals surface area contributed by atoms with Gasteiger partial charge in [0.2, 0.25) is 0 Å². The number of halogens is 2. The molecule has 0 bridgehead atoms. The number of rotatable bonds is 6. The maximum absolute atomic E-state index is 13.5. The van der Waals surface area contributed by atoms with E-state index in [2.05, 4.69) is 13.8 Å². The Morgan fingerprint density at radius 3 is 2.64 bits per heavy atom. The molecule has 0 spiro atoms. The molecule has 210 valence electrons. The number of allylic oxidation sites excluding steroid dienone is 4. The summed E-state index contributed by atoms with van der Waals surface area (Å²) in [6.07, 6.45) is 6.37. The molecule has 10 heteroatoms. The third-order valence-electron chi connectivity index (χ3n) is 10.2. The van der Waals surface area contributed by atoms with Crippen molar-refractivity contribution in [2.24, 2.45) is 34.5 Å². The summed E-state index contributed by atoms with van der Waals surface area (Å²) in [6.45, 7) is 5.39. The molecular formula is C29H33Cl2NO7. The first-order chi connectivity index (χ1) is 18.2. The maximum atomic E-state index is 13.5. The van der Waals surface area contributed by atoms with Crippen LogP contribution in [0.2, 0.25) is 10.0 Å². The number of ether oxygens (including phenoxy) is 1. The van der Waals surface area contributed by atoms with Gasteiger partial charge in [-0.15, -0.1) is 0 Å². The highest BCUT2D eigenvalue weighted by molar-refractivity contribution is 6.42. The molecule has 2 N–H and O–H groups in total. The number of hydrogen-bond acceptors (Lipinski definition) is 7. The molecule has 0 saturated heterocycles. The summed E-state index contributed by atoms with van der Waals surface area (Å²) in [5.41, 5.74) is -2.07. The van der Waals surface area contributed by atoms with Gasteiger partial charge in [0.25, 0.3) is 5.69 Å². The Bertz CT molecular complexity index is 1310. The second kappa shape index (κ2) is 9.77. The predicted molar refractivity (Wildman–Crippen MR) is 145 cm³/mol. The molecule has 0 amide bonds. The van der Waals surface area contributed by atoms with Crippen molar-refractivity contribution in [1.29, 1.82) is 0 Å². The number of aliphatic hydroxyl groups excluding tert-OH is 1. The van der Waals surface area contributed by atoms with E-state index in [1.807, 2.05) is 13.0 Å². The van der Waals surface area contributed by atoms with Crippen LogP contribution in [0.1, 0.15) is 52.0 Å². The fourth-order valence-corrected chi connectivity index (χ4v) is 8.79. The van der Waals surface area contributed by atoms with E-state index >= 15 is 0 Å². The molecule has 3 saturated carbocycles. The van der Waals surface area contributed by atoms with Gasteiger partial charge in [-0.1, -0.05) is 55.6 Å². The largest absolute Gasteiger partial charge is 0.393 e. The van der Waals surface area contributed by atoms with Crippen LogP contribution in [0.15, 0.2) is 35.9 Å². The number of benzene rings is 1. The number of ketones is 2. The zero-order chi connectivity index (χ0) is 28.5. The molecule has 0 radical (unpaired) electrons. The average molecular weight is 578 g/mol. The summed E-state index contributed by atoms with van der Waals surface area (Å²) in [5.74, 6) is -0.450. The van der Waals surface area contributed by atoms with E-state index in [1.54, 1.807) is 12.2 Å². The van der Waals surface area contributed by atoms with Crippen molar-refractivity contribution in [1.82, 2.24) is 0 Å². The van der Waals surface area contributed by atoms with Crippen LogP contribution in [0.5, 0.6) is 0 Å². The van der Waals surface area contributed by atoms with E-state index in [4.69, 9.17) is 27.9 Å². The lowest BCUT2D eigenvalue weighted by molar-refractivity contribution is -0.385. The van der Waals surface area contributed by atoms with Crippen LogP contribution in [0.25, 0.3) is 0 Å². The molecule has 0 aliphatic heterocycles. The number of nitro groups is 1. The van der Waals surface area contributed by atoms with Crippen molar-refractivity contribution in [3.05, 3.63) is 61.7 Å². The summed E-state index contributed by atoms with van der Waals surface area (Å²) in [4.78, 5) is 36.5. The molecule has 8 atom stereocenters. The first-order valence-corrected chi connectivity index (χ1v) is 14.1. The van der Waals surface area contributed by atoms with Crippen molar-refractivity contribution in [3.63, 3.8) is 0 Å². The van der Waals surface area contributed by atoms with Crippen LogP contribution in [-0.4, -0.2) is 45.0 Å². The molecule has 39 heavy (non-hydrogen) atoms. The van der Waals surface area contributed by atoms with Gasteiger partial charge in [-0.2, -0.15) is 0 Å². The molecule has 4 aliphatic rings. The van der Waals surface area contributed by atoms with E-state index in [9.17, 15) is 29.9 Å². The van der Waals surface area contributed by atoms with Gasteiger partial charge in [0.1, 0.15) is 12.2 Å². The van der Waals surface area contributed by atoms with E-state index in [0.717, 1.165) is 18.1 Å². The van der Waals surface area contributed by atoms with Gasteiger partial charge in [0.15, 0.2) is 11.6 Å². The van der Waals surface area contributed by atoms with Crippen LogP contribution in [0.3, 0.4) is 0 Å². The highest BCUT2D eigenvalue weighted by Crippen LogP contribution is 2.67. The van der Waals surface area contributed by atoms with Crippen molar-refractivity contribution < 1.29 is 29.5 Å². The van der Waals surface area contributed by atoms with Gasteiger partial charge < -0.3 is 14.9 Å². The zero-order valence-electron chi connectivity index (χ0n) is 22.2. The number of nitro benzene ring substituents is 1.